The van der Waals surface area contributed by atoms with Crippen LogP contribution in [0.15, 0.2) is 12.1 Å². The largest absolute Gasteiger partial charge is 0.506 e. The molecule has 1 aliphatic heterocycles. The third-order valence-corrected chi connectivity index (χ3v) is 4.02. The molecule has 0 radical (unpaired) electrons. The van der Waals surface area contributed by atoms with Gasteiger partial charge in [-0.1, -0.05) is 29.3 Å². The van der Waals surface area contributed by atoms with Crippen molar-refractivity contribution < 1.29 is 18.3 Å². The zero-order chi connectivity index (χ0) is 14.9. The Bertz CT molecular complexity index is 496. The summed E-state index contributed by atoms with van der Waals surface area (Å²) in [7, 11) is 0. The molecule has 2 N–H and O–H groups in total. The number of phenols is 1. The normalized spacial score (nSPS) is 17.3. The molecule has 1 aromatic rings. The van der Waals surface area contributed by atoms with Gasteiger partial charge in [0, 0.05) is 31.7 Å². The van der Waals surface area contributed by atoms with Crippen LogP contribution in [0.25, 0.3) is 0 Å². The summed E-state index contributed by atoms with van der Waals surface area (Å²) >= 11 is 11.4. The van der Waals surface area contributed by atoms with Gasteiger partial charge in [-0.05, 0) is 6.07 Å². The van der Waals surface area contributed by atoms with Gasteiger partial charge in [0.2, 0.25) is 0 Å². The Kier molecular flexibility index (Phi) is 8.62. The molecule has 1 saturated heterocycles. The lowest BCUT2D eigenvalue weighted by atomic mass is 10.0. The number of hydrogen-bond donors (Lipinski definition) is 2. The summed E-state index contributed by atoms with van der Waals surface area (Å²) in [4.78, 5) is 1.27. The molecule has 1 aromatic carbocycles. The van der Waals surface area contributed by atoms with E-state index < -0.39 is 18.0 Å². The number of nitrogens with one attached hydrogen (secondary N) is 1. The van der Waals surface area contributed by atoms with Gasteiger partial charge in [0.15, 0.2) is 0 Å². The molecular formula is C12H15Cl4F3N2O. The van der Waals surface area contributed by atoms with Crippen LogP contribution in [0.2, 0.25) is 10.0 Å². The number of phenolic OH excluding ortho intramolecular Hbond substituents is 1. The number of nitrogens with zero attached hydrogens (tertiary/aromatic N) is 1. The van der Waals surface area contributed by atoms with Gasteiger partial charge in [-0.15, -0.1) is 24.8 Å². The van der Waals surface area contributed by atoms with Crippen molar-refractivity contribution in [2.75, 3.05) is 26.2 Å². The van der Waals surface area contributed by atoms with E-state index in [0.717, 1.165) is 0 Å². The molecule has 0 saturated carbocycles. The summed E-state index contributed by atoms with van der Waals surface area (Å²) in [6.07, 6.45) is -4.51. The Morgan fingerprint density at radius 1 is 1.14 bits per heavy atom. The van der Waals surface area contributed by atoms with E-state index in [4.69, 9.17) is 23.2 Å². The lowest BCUT2D eigenvalue weighted by Gasteiger charge is -2.36. The Balaban J connectivity index is 0.00000220. The van der Waals surface area contributed by atoms with E-state index >= 15 is 0 Å². The van der Waals surface area contributed by atoms with Crippen molar-refractivity contribution in [3.05, 3.63) is 27.7 Å². The predicted molar refractivity (Wildman–Crippen MR) is 85.9 cm³/mol. The van der Waals surface area contributed by atoms with Crippen molar-refractivity contribution in [1.82, 2.24) is 10.2 Å². The number of hydrogen-bond acceptors (Lipinski definition) is 3. The van der Waals surface area contributed by atoms with Crippen molar-refractivity contribution >= 4 is 48.0 Å². The Morgan fingerprint density at radius 3 is 2.18 bits per heavy atom. The van der Waals surface area contributed by atoms with E-state index in [2.05, 4.69) is 5.32 Å². The van der Waals surface area contributed by atoms with Crippen LogP contribution in [0, 0.1) is 0 Å². The first-order valence-corrected chi connectivity index (χ1v) is 6.76. The maximum Gasteiger partial charge on any atom is 0.408 e. The molecule has 0 amide bonds. The first kappa shape index (κ1) is 21.9. The molecule has 3 nitrogen and oxygen atoms in total. The Hall–Kier alpha value is -0.110. The minimum atomic E-state index is -4.51. The minimum Gasteiger partial charge on any atom is -0.506 e. The Morgan fingerprint density at radius 2 is 1.68 bits per heavy atom. The summed E-state index contributed by atoms with van der Waals surface area (Å²) in [6.45, 7) is 1.41. The van der Waals surface area contributed by atoms with Crippen molar-refractivity contribution in [1.29, 1.82) is 0 Å². The van der Waals surface area contributed by atoms with Gasteiger partial charge >= 0.3 is 6.18 Å². The van der Waals surface area contributed by atoms with Crippen molar-refractivity contribution in [2.24, 2.45) is 0 Å². The number of halogens is 7. The van der Waals surface area contributed by atoms with Crippen molar-refractivity contribution in [3.8, 4) is 5.75 Å². The van der Waals surface area contributed by atoms with Crippen LogP contribution in [0.3, 0.4) is 0 Å². The first-order valence-electron chi connectivity index (χ1n) is 6.00. The number of benzene rings is 1. The first-order chi connectivity index (χ1) is 9.32. The summed E-state index contributed by atoms with van der Waals surface area (Å²) in [5, 5.41) is 12.6. The summed E-state index contributed by atoms with van der Waals surface area (Å²) in [5.74, 6) is -0.611. The highest BCUT2D eigenvalue weighted by molar-refractivity contribution is 6.43. The van der Waals surface area contributed by atoms with Gasteiger partial charge in [0.1, 0.15) is 16.8 Å². The third-order valence-electron chi connectivity index (χ3n) is 3.22. The van der Waals surface area contributed by atoms with Gasteiger partial charge in [-0.25, -0.2) is 0 Å². The van der Waals surface area contributed by atoms with Crippen LogP contribution in [0.4, 0.5) is 13.2 Å². The molecule has 1 atom stereocenters. The highest BCUT2D eigenvalue weighted by atomic mass is 35.5. The van der Waals surface area contributed by atoms with Gasteiger partial charge < -0.3 is 10.4 Å². The molecule has 0 spiro atoms. The lowest BCUT2D eigenvalue weighted by molar-refractivity contribution is -0.188. The van der Waals surface area contributed by atoms with Gasteiger partial charge in [0.05, 0.1) is 5.02 Å². The van der Waals surface area contributed by atoms with Crippen molar-refractivity contribution in [3.63, 3.8) is 0 Å². The minimum absolute atomic E-state index is 0. The van der Waals surface area contributed by atoms with Crippen LogP contribution in [0.1, 0.15) is 11.6 Å². The van der Waals surface area contributed by atoms with Gasteiger partial charge in [-0.2, -0.15) is 13.2 Å². The lowest BCUT2D eigenvalue weighted by Crippen LogP contribution is -2.49. The molecular weight excluding hydrogens is 387 g/mol. The average Bonchev–Trinajstić information content (AvgIpc) is 2.39. The zero-order valence-corrected chi connectivity index (χ0v) is 14.3. The molecule has 0 unspecified atom stereocenters. The topological polar surface area (TPSA) is 35.5 Å². The molecule has 1 aliphatic rings. The molecule has 0 aromatic heterocycles. The van der Waals surface area contributed by atoms with E-state index in [1.807, 2.05) is 0 Å². The van der Waals surface area contributed by atoms with E-state index in [-0.39, 0.29) is 53.5 Å². The second-order valence-electron chi connectivity index (χ2n) is 4.53. The fourth-order valence-corrected chi connectivity index (χ4v) is 2.62. The fourth-order valence-electron chi connectivity index (χ4n) is 2.30. The van der Waals surface area contributed by atoms with Crippen LogP contribution < -0.4 is 5.32 Å². The van der Waals surface area contributed by atoms with Gasteiger partial charge in [0.25, 0.3) is 0 Å². The molecule has 128 valence electrons. The molecule has 1 fully saturated rings. The van der Waals surface area contributed by atoms with E-state index in [9.17, 15) is 18.3 Å². The average molecular weight is 402 g/mol. The number of piperazine rings is 1. The Labute approximate surface area is 148 Å². The van der Waals surface area contributed by atoms with Crippen LogP contribution >= 0.6 is 48.0 Å². The van der Waals surface area contributed by atoms with Crippen LogP contribution in [-0.4, -0.2) is 42.4 Å². The smallest absolute Gasteiger partial charge is 0.408 e. The molecule has 2 rings (SSSR count). The van der Waals surface area contributed by atoms with Crippen molar-refractivity contribution in [2.45, 2.75) is 12.2 Å². The maximum absolute atomic E-state index is 13.4. The third kappa shape index (κ3) is 4.69. The highest BCUT2D eigenvalue weighted by Crippen LogP contribution is 2.45. The SMILES string of the molecule is Cl.Cl.Oc1c([C@@H](N2CCNCC2)C(F)(F)F)ccc(Cl)c1Cl. The molecule has 22 heavy (non-hydrogen) atoms. The quantitative estimate of drug-likeness (QED) is 0.784. The van der Waals surface area contributed by atoms with Crippen LogP contribution in [0.5, 0.6) is 5.75 Å². The van der Waals surface area contributed by atoms with Crippen LogP contribution in [-0.2, 0) is 0 Å². The number of aromatic hydroxyl groups is 1. The number of alkyl halides is 3. The molecule has 0 aliphatic carbocycles. The summed E-state index contributed by atoms with van der Waals surface area (Å²) in [5.41, 5.74) is -0.270. The molecule has 0 bridgehead atoms. The van der Waals surface area contributed by atoms with Gasteiger partial charge in [-0.3, -0.25) is 4.90 Å². The number of rotatable bonds is 2. The molecule has 10 heteroatoms. The second kappa shape index (κ2) is 8.66. The van der Waals surface area contributed by atoms with E-state index in [1.165, 1.54) is 17.0 Å². The summed E-state index contributed by atoms with van der Waals surface area (Å²) in [6, 6.07) is 0.545. The zero-order valence-electron chi connectivity index (χ0n) is 11.2. The monoisotopic (exact) mass is 400 g/mol. The molecule has 1 heterocycles. The second-order valence-corrected chi connectivity index (χ2v) is 5.31. The predicted octanol–water partition coefficient (Wildman–Crippen LogP) is 4.05. The fraction of sp³-hybridized carbons (Fsp3) is 0.500. The summed E-state index contributed by atoms with van der Waals surface area (Å²) < 4.78 is 40.1. The van der Waals surface area contributed by atoms with E-state index in [0.29, 0.717) is 13.1 Å². The standard InChI is InChI=1S/C12H13Cl2F3N2O.2ClH/c13-8-2-1-7(10(20)9(8)14)11(12(15,16)17)19-5-3-18-4-6-19;;/h1-2,11,18,20H,3-6H2;2*1H/t11-;;/m1../s1. The highest BCUT2D eigenvalue weighted by Gasteiger charge is 2.46. The maximum atomic E-state index is 13.4. The van der Waals surface area contributed by atoms with E-state index in [1.54, 1.807) is 0 Å².